The van der Waals surface area contributed by atoms with E-state index in [0.29, 0.717) is 5.69 Å². The molecule has 0 aliphatic rings. The highest BCUT2D eigenvalue weighted by Crippen LogP contribution is 2.23. The van der Waals surface area contributed by atoms with Crippen molar-refractivity contribution in [3.63, 3.8) is 0 Å². The summed E-state index contributed by atoms with van der Waals surface area (Å²) in [5.74, 6) is -0.994. The van der Waals surface area contributed by atoms with Crippen LogP contribution in [0.25, 0.3) is 0 Å². The molecule has 0 saturated carbocycles. The number of hydrogen-bond acceptors (Lipinski definition) is 3. The number of carboxylic acids is 1. The van der Waals surface area contributed by atoms with Crippen molar-refractivity contribution in [2.45, 2.75) is 39.0 Å². The third-order valence-electron chi connectivity index (χ3n) is 3.35. The van der Waals surface area contributed by atoms with Gasteiger partial charge < -0.3 is 9.67 Å². The molecule has 0 amide bonds. The van der Waals surface area contributed by atoms with Gasteiger partial charge in [-0.05, 0) is 33.8 Å². The molecule has 0 bridgehead atoms. The van der Waals surface area contributed by atoms with Gasteiger partial charge in [0.15, 0.2) is 9.84 Å². The number of aromatic carboxylic acids is 1. The predicted octanol–water partition coefficient (Wildman–Crippen LogP) is 1.63. The Kier molecular flexibility index (Phi) is 3.63. The number of aromatic nitrogens is 1. The number of aryl methyl sites for hydroxylation is 1. The van der Waals surface area contributed by atoms with Gasteiger partial charge in [0, 0.05) is 24.2 Å². The van der Waals surface area contributed by atoms with Gasteiger partial charge in [0.1, 0.15) is 0 Å². The summed E-state index contributed by atoms with van der Waals surface area (Å²) in [4.78, 5) is 11.0. The van der Waals surface area contributed by atoms with E-state index in [9.17, 15) is 13.2 Å². The number of hydrogen-bond donors (Lipinski definition) is 1. The van der Waals surface area contributed by atoms with Crippen molar-refractivity contribution in [2.75, 3.05) is 6.26 Å². The molecular formula is C12H19NO4S. The van der Waals surface area contributed by atoms with E-state index in [2.05, 4.69) is 0 Å². The van der Waals surface area contributed by atoms with Crippen LogP contribution in [0, 0.1) is 13.8 Å². The molecule has 0 aliphatic carbocycles. The first-order valence-electron chi connectivity index (χ1n) is 5.57. The lowest BCUT2D eigenvalue weighted by molar-refractivity contribution is 0.0696. The summed E-state index contributed by atoms with van der Waals surface area (Å²) in [5, 5.41) is 9.03. The molecule has 0 aliphatic heterocycles. The number of rotatable bonds is 4. The molecule has 1 N–H and O–H groups in total. The number of sulfone groups is 1. The fraction of sp³-hybridized carbons (Fsp3) is 0.583. The monoisotopic (exact) mass is 273 g/mol. The highest BCUT2D eigenvalue weighted by molar-refractivity contribution is 7.92. The molecule has 102 valence electrons. The maximum atomic E-state index is 11.7. The zero-order chi connectivity index (χ0) is 14.3. The number of carbonyl (C=O) groups is 1. The van der Waals surface area contributed by atoms with Crippen molar-refractivity contribution in [1.29, 1.82) is 0 Å². The van der Waals surface area contributed by atoms with E-state index in [4.69, 9.17) is 5.11 Å². The Morgan fingerprint density at radius 1 is 1.39 bits per heavy atom. The third kappa shape index (κ3) is 2.58. The molecule has 1 aromatic rings. The zero-order valence-corrected chi connectivity index (χ0v) is 12.1. The van der Waals surface area contributed by atoms with Crippen LogP contribution in [0.1, 0.15) is 35.6 Å². The minimum Gasteiger partial charge on any atom is -0.478 e. The molecule has 5 nitrogen and oxygen atoms in total. The molecule has 1 aromatic heterocycles. The maximum absolute atomic E-state index is 11.7. The maximum Gasteiger partial charge on any atom is 0.337 e. The topological polar surface area (TPSA) is 76.4 Å². The van der Waals surface area contributed by atoms with Gasteiger partial charge in [-0.25, -0.2) is 13.2 Å². The molecule has 1 heterocycles. The summed E-state index contributed by atoms with van der Waals surface area (Å²) in [6, 6.07) is 1.57. The highest BCUT2D eigenvalue weighted by atomic mass is 32.2. The molecule has 0 aromatic carbocycles. The molecule has 0 atom stereocenters. The summed E-state index contributed by atoms with van der Waals surface area (Å²) in [6.07, 6.45) is 1.19. The normalized spacial score (nSPS) is 12.7. The average Bonchev–Trinajstić information content (AvgIpc) is 2.43. The van der Waals surface area contributed by atoms with E-state index in [1.165, 1.54) is 6.26 Å². The second-order valence-corrected chi connectivity index (χ2v) is 7.86. The number of nitrogens with zero attached hydrogens (tertiary/aromatic N) is 1. The van der Waals surface area contributed by atoms with Gasteiger partial charge >= 0.3 is 5.97 Å². The third-order valence-corrected chi connectivity index (χ3v) is 5.48. The largest absolute Gasteiger partial charge is 0.478 e. The second kappa shape index (κ2) is 4.42. The Bertz CT molecular complexity index is 581. The Morgan fingerprint density at radius 2 is 1.89 bits per heavy atom. The fourth-order valence-electron chi connectivity index (χ4n) is 1.76. The standard InChI is InChI=1S/C12H19NO4S/c1-8-6-10(11(14)15)9(2)13(8)7-12(3,4)18(5,16)17/h6H,7H2,1-5H3,(H,14,15). The van der Waals surface area contributed by atoms with Gasteiger partial charge in [-0.2, -0.15) is 0 Å². The highest BCUT2D eigenvalue weighted by Gasteiger charge is 2.32. The van der Waals surface area contributed by atoms with Crippen LogP contribution in [0.5, 0.6) is 0 Å². The minimum atomic E-state index is -3.21. The summed E-state index contributed by atoms with van der Waals surface area (Å²) >= 11 is 0. The van der Waals surface area contributed by atoms with Crippen LogP contribution >= 0.6 is 0 Å². The van der Waals surface area contributed by atoms with E-state index in [1.54, 1.807) is 38.3 Å². The van der Waals surface area contributed by atoms with Crippen LogP contribution in [-0.2, 0) is 16.4 Å². The van der Waals surface area contributed by atoms with Crippen LogP contribution in [0.3, 0.4) is 0 Å². The number of carboxylic acid groups (broad SMARTS) is 1. The molecule has 0 radical (unpaired) electrons. The minimum absolute atomic E-state index is 0.219. The Balaban J connectivity index is 3.26. The van der Waals surface area contributed by atoms with Gasteiger partial charge in [-0.15, -0.1) is 0 Å². The predicted molar refractivity (Wildman–Crippen MR) is 69.8 cm³/mol. The van der Waals surface area contributed by atoms with Gasteiger partial charge in [-0.1, -0.05) is 0 Å². The van der Waals surface area contributed by atoms with Crippen molar-refractivity contribution < 1.29 is 18.3 Å². The van der Waals surface area contributed by atoms with Gasteiger partial charge in [0.2, 0.25) is 0 Å². The Hall–Kier alpha value is -1.30. The molecule has 18 heavy (non-hydrogen) atoms. The lowest BCUT2D eigenvalue weighted by Gasteiger charge is -2.25. The molecule has 0 unspecified atom stereocenters. The summed E-state index contributed by atoms with van der Waals surface area (Å²) in [6.45, 7) is 6.99. The summed E-state index contributed by atoms with van der Waals surface area (Å²) in [7, 11) is -3.21. The summed E-state index contributed by atoms with van der Waals surface area (Å²) in [5.41, 5.74) is 1.55. The van der Waals surface area contributed by atoms with E-state index in [0.717, 1.165) is 5.69 Å². The fourth-order valence-corrected chi connectivity index (χ4v) is 2.12. The van der Waals surface area contributed by atoms with E-state index < -0.39 is 20.6 Å². The van der Waals surface area contributed by atoms with Crippen LogP contribution in [0.15, 0.2) is 6.07 Å². The van der Waals surface area contributed by atoms with Crippen molar-refractivity contribution in [3.05, 3.63) is 23.0 Å². The van der Waals surface area contributed by atoms with Crippen LogP contribution in [0.2, 0.25) is 0 Å². The van der Waals surface area contributed by atoms with Crippen molar-refractivity contribution in [1.82, 2.24) is 4.57 Å². The SMILES string of the molecule is Cc1cc(C(=O)O)c(C)n1CC(C)(C)S(C)(=O)=O. The molecule has 0 saturated heterocycles. The molecule has 0 spiro atoms. The lowest BCUT2D eigenvalue weighted by Crippen LogP contribution is -2.36. The van der Waals surface area contributed by atoms with Gasteiger partial charge in [-0.3, -0.25) is 0 Å². The van der Waals surface area contributed by atoms with Crippen LogP contribution in [-0.4, -0.2) is 35.1 Å². The van der Waals surface area contributed by atoms with E-state index in [-0.39, 0.29) is 12.1 Å². The quantitative estimate of drug-likeness (QED) is 0.904. The second-order valence-electron chi connectivity index (χ2n) is 5.21. The molecule has 6 heteroatoms. The van der Waals surface area contributed by atoms with Gasteiger partial charge in [0.05, 0.1) is 10.3 Å². The first-order chi connectivity index (χ1) is 7.97. The van der Waals surface area contributed by atoms with E-state index in [1.807, 2.05) is 0 Å². The van der Waals surface area contributed by atoms with Crippen LogP contribution in [0.4, 0.5) is 0 Å². The van der Waals surface area contributed by atoms with Gasteiger partial charge in [0.25, 0.3) is 0 Å². The molecule has 0 fully saturated rings. The van der Waals surface area contributed by atoms with Crippen molar-refractivity contribution >= 4 is 15.8 Å². The Morgan fingerprint density at radius 3 is 2.22 bits per heavy atom. The van der Waals surface area contributed by atoms with Crippen LogP contribution < -0.4 is 0 Å². The lowest BCUT2D eigenvalue weighted by atomic mass is 10.2. The smallest absolute Gasteiger partial charge is 0.337 e. The first-order valence-corrected chi connectivity index (χ1v) is 7.46. The van der Waals surface area contributed by atoms with E-state index >= 15 is 0 Å². The van der Waals surface area contributed by atoms with Crippen molar-refractivity contribution in [3.8, 4) is 0 Å². The Labute approximate surface area is 107 Å². The first kappa shape index (κ1) is 14.8. The zero-order valence-electron chi connectivity index (χ0n) is 11.3. The molecular weight excluding hydrogens is 254 g/mol. The summed E-state index contributed by atoms with van der Waals surface area (Å²) < 4.78 is 24.2. The van der Waals surface area contributed by atoms with Crippen molar-refractivity contribution in [2.24, 2.45) is 0 Å². The average molecular weight is 273 g/mol. The molecule has 1 rings (SSSR count).